The summed E-state index contributed by atoms with van der Waals surface area (Å²) in [4.78, 5) is 12.7. The fourth-order valence-corrected chi connectivity index (χ4v) is 3.21. The van der Waals surface area contributed by atoms with Gasteiger partial charge in [0.25, 0.3) is 0 Å². The molecule has 0 radical (unpaired) electrons. The smallest absolute Gasteiger partial charge is 0.338 e. The van der Waals surface area contributed by atoms with Crippen LogP contribution >= 0.6 is 0 Å². The first-order valence-electron chi connectivity index (χ1n) is 9.69. The molecule has 4 heteroatoms. The van der Waals surface area contributed by atoms with Crippen LogP contribution in [0.25, 0.3) is 0 Å². The van der Waals surface area contributed by atoms with E-state index >= 15 is 0 Å². The van der Waals surface area contributed by atoms with E-state index in [-0.39, 0.29) is 0 Å². The number of hydrogen-bond donors (Lipinski definition) is 0. The highest BCUT2D eigenvalue weighted by atomic mass is 16.6. The zero-order valence-corrected chi connectivity index (χ0v) is 17.0. The maximum absolute atomic E-state index is 12.7. The van der Waals surface area contributed by atoms with E-state index in [4.69, 9.17) is 20.6 Å². The van der Waals surface area contributed by atoms with Crippen molar-refractivity contribution in [2.45, 2.75) is 25.2 Å². The Bertz CT molecular complexity index is 992. The monoisotopic (exact) mass is 400 g/mol. The third-order valence-corrected chi connectivity index (χ3v) is 4.72. The Morgan fingerprint density at radius 3 is 2.13 bits per heavy atom. The fourth-order valence-electron chi connectivity index (χ4n) is 3.21. The topological polar surface area (TPSA) is 44.8 Å². The van der Waals surface area contributed by atoms with E-state index < -0.39 is 24.3 Å². The van der Waals surface area contributed by atoms with Crippen molar-refractivity contribution in [2.75, 3.05) is 7.11 Å². The lowest BCUT2D eigenvalue weighted by Gasteiger charge is -2.27. The highest BCUT2D eigenvalue weighted by Crippen LogP contribution is 2.32. The summed E-state index contributed by atoms with van der Waals surface area (Å²) < 4.78 is 17.5. The molecule has 0 fully saturated rings. The normalized spacial score (nSPS) is 13.5. The van der Waals surface area contributed by atoms with Crippen LogP contribution in [-0.4, -0.2) is 19.2 Å². The van der Waals surface area contributed by atoms with Gasteiger partial charge in [-0.25, -0.2) is 4.79 Å². The van der Waals surface area contributed by atoms with Gasteiger partial charge in [-0.1, -0.05) is 72.7 Å². The summed E-state index contributed by atoms with van der Waals surface area (Å²) in [5, 5.41) is 0. The quantitative estimate of drug-likeness (QED) is 0.377. The predicted octanol–water partition coefficient (Wildman–Crippen LogP) is 5.37. The van der Waals surface area contributed by atoms with E-state index in [1.807, 2.05) is 67.6 Å². The van der Waals surface area contributed by atoms with Gasteiger partial charge in [0.1, 0.15) is 11.9 Å². The molecule has 3 atom stereocenters. The molecular weight excluding hydrogens is 376 g/mol. The average Bonchev–Trinajstić information content (AvgIpc) is 2.81. The minimum absolute atomic E-state index is 0.422. The fraction of sp³-hybridized carbons (Fsp3) is 0.192. The van der Waals surface area contributed by atoms with Crippen molar-refractivity contribution in [3.05, 3.63) is 102 Å². The molecule has 0 aromatic heterocycles. The lowest BCUT2D eigenvalue weighted by molar-refractivity contribution is -0.0639. The second kappa shape index (κ2) is 10.3. The maximum Gasteiger partial charge on any atom is 0.338 e. The molecule has 0 N–H and O–H groups in total. The Morgan fingerprint density at radius 1 is 0.900 bits per heavy atom. The van der Waals surface area contributed by atoms with Crippen molar-refractivity contribution in [2.24, 2.45) is 0 Å². The first-order valence-corrected chi connectivity index (χ1v) is 9.69. The zero-order valence-electron chi connectivity index (χ0n) is 17.0. The molecule has 30 heavy (non-hydrogen) atoms. The Labute approximate surface area is 177 Å². The first kappa shape index (κ1) is 21.2. The van der Waals surface area contributed by atoms with Crippen molar-refractivity contribution in [1.82, 2.24) is 0 Å². The van der Waals surface area contributed by atoms with E-state index in [0.29, 0.717) is 11.3 Å². The van der Waals surface area contributed by atoms with Crippen LogP contribution in [0.3, 0.4) is 0 Å². The largest absolute Gasteiger partial charge is 0.496 e. The number of rotatable bonds is 8. The van der Waals surface area contributed by atoms with Crippen LogP contribution in [0.5, 0.6) is 5.75 Å². The molecule has 0 bridgehead atoms. The molecule has 0 saturated heterocycles. The van der Waals surface area contributed by atoms with E-state index in [1.165, 1.54) is 0 Å². The summed E-state index contributed by atoms with van der Waals surface area (Å²) in [6.07, 6.45) is 3.97. The number of hydrogen-bond acceptors (Lipinski definition) is 4. The molecule has 3 aromatic carbocycles. The van der Waals surface area contributed by atoms with Gasteiger partial charge in [-0.3, -0.25) is 0 Å². The third kappa shape index (κ3) is 5.08. The van der Waals surface area contributed by atoms with Crippen LogP contribution in [-0.2, 0) is 9.47 Å². The predicted molar refractivity (Wildman–Crippen MR) is 116 cm³/mol. The molecular formula is C26H24O4. The Morgan fingerprint density at radius 2 is 1.50 bits per heavy atom. The van der Waals surface area contributed by atoms with Gasteiger partial charge in [-0.15, -0.1) is 6.42 Å². The molecule has 0 aliphatic rings. The maximum atomic E-state index is 12.7. The van der Waals surface area contributed by atoms with E-state index in [0.717, 1.165) is 11.1 Å². The summed E-state index contributed by atoms with van der Waals surface area (Å²) in [6, 6.07) is 25.8. The summed E-state index contributed by atoms with van der Waals surface area (Å²) >= 11 is 0. The molecule has 3 aromatic rings. The number of carbonyl (C=O) groups excluding carboxylic acids is 1. The zero-order chi connectivity index (χ0) is 21.3. The SMILES string of the molecule is C#C[C@@H](OC(C)[C@H](OC(=O)c1ccccc1)c1ccccc1)c1ccccc1OC. The Hall–Kier alpha value is -3.55. The van der Waals surface area contributed by atoms with Gasteiger partial charge in [-0.2, -0.15) is 0 Å². The standard InChI is InChI=1S/C26H24O4/c1-4-23(22-17-11-12-18-24(22)28-3)29-19(2)25(20-13-7-5-8-14-20)30-26(27)21-15-9-6-10-16-21/h1,5-19,23,25H,2-3H3/t19?,23-,25+/m1/s1. The first-order chi connectivity index (χ1) is 14.6. The van der Waals surface area contributed by atoms with Crippen LogP contribution in [0.15, 0.2) is 84.9 Å². The lowest BCUT2D eigenvalue weighted by atomic mass is 10.0. The molecule has 0 aliphatic heterocycles. The summed E-state index contributed by atoms with van der Waals surface area (Å²) in [6.45, 7) is 1.84. The number of ether oxygens (including phenoxy) is 3. The van der Waals surface area contributed by atoms with Crippen LogP contribution in [0, 0.1) is 12.3 Å². The minimum atomic E-state index is -0.655. The Kier molecular flexibility index (Phi) is 7.26. The number of benzene rings is 3. The third-order valence-electron chi connectivity index (χ3n) is 4.72. The number of methoxy groups -OCH3 is 1. The van der Waals surface area contributed by atoms with Crippen LogP contribution < -0.4 is 4.74 Å². The number of esters is 1. The second-order valence-corrected chi connectivity index (χ2v) is 6.73. The van der Waals surface area contributed by atoms with E-state index in [2.05, 4.69) is 5.92 Å². The number of terminal acetylenes is 1. The highest BCUT2D eigenvalue weighted by molar-refractivity contribution is 5.89. The van der Waals surface area contributed by atoms with Gasteiger partial charge in [0.2, 0.25) is 0 Å². The Balaban J connectivity index is 1.85. The van der Waals surface area contributed by atoms with Crippen LogP contribution in [0.4, 0.5) is 0 Å². The highest BCUT2D eigenvalue weighted by Gasteiger charge is 2.28. The van der Waals surface area contributed by atoms with Gasteiger partial charge in [-0.05, 0) is 30.7 Å². The molecule has 1 unspecified atom stereocenters. The van der Waals surface area contributed by atoms with Crippen molar-refractivity contribution in [3.63, 3.8) is 0 Å². The molecule has 4 nitrogen and oxygen atoms in total. The van der Waals surface area contributed by atoms with Gasteiger partial charge < -0.3 is 14.2 Å². The van der Waals surface area contributed by atoms with E-state index in [1.54, 1.807) is 31.4 Å². The number of para-hydroxylation sites is 1. The molecule has 0 heterocycles. The van der Waals surface area contributed by atoms with Crippen LogP contribution in [0.2, 0.25) is 0 Å². The molecule has 0 amide bonds. The van der Waals surface area contributed by atoms with Gasteiger partial charge in [0, 0.05) is 5.56 Å². The molecule has 152 valence electrons. The summed E-state index contributed by atoms with van der Waals surface area (Å²) in [5.41, 5.74) is 2.05. The molecule has 0 spiro atoms. The van der Waals surface area contributed by atoms with Crippen molar-refractivity contribution in [1.29, 1.82) is 0 Å². The van der Waals surface area contributed by atoms with Crippen molar-refractivity contribution >= 4 is 5.97 Å². The average molecular weight is 400 g/mol. The summed E-state index contributed by atoms with van der Waals surface area (Å²) in [7, 11) is 1.59. The molecule has 3 rings (SSSR count). The van der Waals surface area contributed by atoms with Crippen LogP contribution in [0.1, 0.15) is 40.6 Å². The number of carbonyl (C=O) groups is 1. The second-order valence-electron chi connectivity index (χ2n) is 6.73. The van der Waals surface area contributed by atoms with Gasteiger partial charge >= 0.3 is 5.97 Å². The summed E-state index contributed by atoms with van der Waals surface area (Å²) in [5.74, 6) is 2.89. The van der Waals surface area contributed by atoms with E-state index in [9.17, 15) is 4.79 Å². The molecule has 0 aliphatic carbocycles. The molecule has 0 saturated carbocycles. The van der Waals surface area contributed by atoms with Crippen molar-refractivity contribution in [3.8, 4) is 18.1 Å². The minimum Gasteiger partial charge on any atom is -0.496 e. The lowest BCUT2D eigenvalue weighted by Crippen LogP contribution is -2.26. The van der Waals surface area contributed by atoms with Gasteiger partial charge in [0.05, 0.1) is 18.8 Å². The van der Waals surface area contributed by atoms with Crippen molar-refractivity contribution < 1.29 is 19.0 Å². The van der Waals surface area contributed by atoms with Gasteiger partial charge in [0.15, 0.2) is 6.10 Å².